The number of fused-ring (bicyclic) bond motifs is 2. The molecule has 2 aromatic carbocycles. The number of carbonyl (C=O) groups excluding carboxylic acids is 3. The summed E-state index contributed by atoms with van der Waals surface area (Å²) in [4.78, 5) is 38.4. The van der Waals surface area contributed by atoms with Crippen molar-refractivity contribution in [1.82, 2.24) is 4.90 Å². The van der Waals surface area contributed by atoms with E-state index < -0.39 is 0 Å². The van der Waals surface area contributed by atoms with Crippen molar-refractivity contribution >= 4 is 35.2 Å². The van der Waals surface area contributed by atoms with Crippen LogP contribution in [-0.4, -0.2) is 53.4 Å². The predicted octanol–water partition coefficient (Wildman–Crippen LogP) is 2.81. The second-order valence-corrected chi connectivity index (χ2v) is 8.12. The number of rotatable bonds is 6. The SMILES string of the molecule is CC(SCCN1C(=O)c2ccccc2C1=O)C(=O)Nc1ccc2c(c1)OCCO2. The van der Waals surface area contributed by atoms with Gasteiger partial charge in [-0.15, -0.1) is 11.8 Å². The van der Waals surface area contributed by atoms with Crippen LogP contribution < -0.4 is 14.8 Å². The van der Waals surface area contributed by atoms with E-state index in [2.05, 4.69) is 5.32 Å². The average Bonchev–Trinajstić information content (AvgIpc) is 2.98. The quantitative estimate of drug-likeness (QED) is 0.735. The molecule has 4 rings (SSSR count). The third kappa shape index (κ3) is 3.93. The number of hydrogen-bond donors (Lipinski definition) is 1. The normalized spacial score (nSPS) is 15.8. The lowest BCUT2D eigenvalue weighted by Gasteiger charge is -2.19. The molecule has 0 aromatic heterocycles. The lowest BCUT2D eigenvalue weighted by atomic mass is 10.1. The first kappa shape index (κ1) is 19.3. The summed E-state index contributed by atoms with van der Waals surface area (Å²) in [5.41, 5.74) is 1.51. The summed E-state index contributed by atoms with van der Waals surface area (Å²) in [5, 5.41) is 2.51. The van der Waals surface area contributed by atoms with E-state index in [0.29, 0.717) is 47.3 Å². The Hall–Kier alpha value is -3.00. The van der Waals surface area contributed by atoms with Crippen LogP contribution in [0.3, 0.4) is 0 Å². The molecule has 0 aliphatic carbocycles. The number of anilines is 1. The lowest BCUT2D eigenvalue weighted by Crippen LogP contribution is -2.32. The van der Waals surface area contributed by atoms with Gasteiger partial charge in [0.1, 0.15) is 13.2 Å². The Bertz CT molecular complexity index is 942. The average molecular weight is 412 g/mol. The fourth-order valence-corrected chi connectivity index (χ4v) is 4.06. The first-order chi connectivity index (χ1) is 14.0. The Morgan fingerprint density at radius 3 is 2.41 bits per heavy atom. The topological polar surface area (TPSA) is 84.9 Å². The lowest BCUT2D eigenvalue weighted by molar-refractivity contribution is -0.115. The summed E-state index contributed by atoms with van der Waals surface area (Å²) in [6.07, 6.45) is 0. The van der Waals surface area contributed by atoms with Gasteiger partial charge in [-0.3, -0.25) is 19.3 Å². The Balaban J connectivity index is 1.29. The van der Waals surface area contributed by atoms with Crippen LogP contribution in [0.25, 0.3) is 0 Å². The van der Waals surface area contributed by atoms with Crippen molar-refractivity contribution in [2.75, 3.05) is 30.8 Å². The van der Waals surface area contributed by atoms with Crippen LogP contribution in [-0.2, 0) is 4.79 Å². The molecule has 0 spiro atoms. The van der Waals surface area contributed by atoms with Gasteiger partial charge >= 0.3 is 0 Å². The van der Waals surface area contributed by atoms with E-state index in [1.165, 1.54) is 16.7 Å². The smallest absolute Gasteiger partial charge is 0.261 e. The largest absolute Gasteiger partial charge is 0.486 e. The monoisotopic (exact) mass is 412 g/mol. The standard InChI is InChI=1S/C21H20N2O5S/c1-13(19(24)22-14-6-7-17-18(12-14)28-10-9-27-17)29-11-8-23-20(25)15-4-2-3-5-16(15)21(23)26/h2-7,12-13H,8-11H2,1H3,(H,22,24). The molecule has 1 atom stereocenters. The summed E-state index contributed by atoms with van der Waals surface area (Å²) in [6.45, 7) is 3.05. The first-order valence-electron chi connectivity index (χ1n) is 9.32. The molecule has 2 heterocycles. The molecule has 7 nitrogen and oxygen atoms in total. The third-order valence-corrected chi connectivity index (χ3v) is 5.87. The zero-order valence-corrected chi connectivity index (χ0v) is 16.7. The highest BCUT2D eigenvalue weighted by atomic mass is 32.2. The van der Waals surface area contributed by atoms with Gasteiger partial charge in [0.05, 0.1) is 16.4 Å². The first-order valence-corrected chi connectivity index (χ1v) is 10.4. The summed E-state index contributed by atoms with van der Waals surface area (Å²) in [5.74, 6) is 1.03. The molecule has 0 radical (unpaired) electrons. The molecule has 0 fully saturated rings. The molecule has 3 amide bonds. The second kappa shape index (κ2) is 8.16. The minimum Gasteiger partial charge on any atom is -0.486 e. The Kier molecular flexibility index (Phi) is 5.44. The van der Waals surface area contributed by atoms with E-state index in [4.69, 9.17) is 9.47 Å². The molecule has 1 N–H and O–H groups in total. The van der Waals surface area contributed by atoms with E-state index in [-0.39, 0.29) is 29.5 Å². The van der Waals surface area contributed by atoms with Crippen molar-refractivity contribution in [3.05, 3.63) is 53.6 Å². The second-order valence-electron chi connectivity index (χ2n) is 6.67. The molecular weight excluding hydrogens is 392 g/mol. The molecule has 150 valence electrons. The maximum Gasteiger partial charge on any atom is 0.261 e. The third-order valence-electron chi connectivity index (χ3n) is 4.74. The van der Waals surface area contributed by atoms with Gasteiger partial charge in [0, 0.05) is 24.1 Å². The van der Waals surface area contributed by atoms with E-state index in [0.717, 1.165) is 0 Å². The minimum absolute atomic E-state index is 0.158. The predicted molar refractivity (Wildman–Crippen MR) is 110 cm³/mol. The minimum atomic E-state index is -0.349. The van der Waals surface area contributed by atoms with Crippen molar-refractivity contribution < 1.29 is 23.9 Å². The van der Waals surface area contributed by atoms with Gasteiger partial charge in [0.25, 0.3) is 11.8 Å². The van der Waals surface area contributed by atoms with Gasteiger partial charge in [0.15, 0.2) is 11.5 Å². The molecule has 8 heteroatoms. The molecule has 2 aromatic rings. The molecule has 0 saturated heterocycles. The van der Waals surface area contributed by atoms with Crippen LogP contribution in [0.15, 0.2) is 42.5 Å². The van der Waals surface area contributed by atoms with Crippen LogP contribution in [0.2, 0.25) is 0 Å². The highest BCUT2D eigenvalue weighted by molar-refractivity contribution is 8.00. The highest BCUT2D eigenvalue weighted by Crippen LogP contribution is 2.32. The van der Waals surface area contributed by atoms with Crippen molar-refractivity contribution in [1.29, 1.82) is 0 Å². The maximum absolute atomic E-state index is 12.5. The zero-order chi connectivity index (χ0) is 20.4. The molecule has 2 aliphatic rings. The van der Waals surface area contributed by atoms with Gasteiger partial charge < -0.3 is 14.8 Å². The van der Waals surface area contributed by atoms with Crippen LogP contribution >= 0.6 is 11.8 Å². The molecule has 2 aliphatic heterocycles. The van der Waals surface area contributed by atoms with Crippen LogP contribution in [0.1, 0.15) is 27.6 Å². The van der Waals surface area contributed by atoms with Crippen LogP contribution in [0, 0.1) is 0 Å². The summed E-state index contributed by atoms with van der Waals surface area (Å²) in [6, 6.07) is 12.1. The Morgan fingerprint density at radius 1 is 1.07 bits per heavy atom. The Morgan fingerprint density at radius 2 is 1.72 bits per heavy atom. The molecule has 29 heavy (non-hydrogen) atoms. The highest BCUT2D eigenvalue weighted by Gasteiger charge is 2.34. The summed E-state index contributed by atoms with van der Waals surface area (Å²) >= 11 is 1.39. The Labute approximate surface area is 172 Å². The van der Waals surface area contributed by atoms with Gasteiger partial charge in [-0.1, -0.05) is 12.1 Å². The zero-order valence-electron chi connectivity index (χ0n) is 15.8. The number of nitrogens with one attached hydrogen (secondary N) is 1. The van der Waals surface area contributed by atoms with E-state index in [1.54, 1.807) is 49.4 Å². The maximum atomic E-state index is 12.5. The fourth-order valence-electron chi connectivity index (χ4n) is 3.20. The van der Waals surface area contributed by atoms with E-state index >= 15 is 0 Å². The molecule has 1 unspecified atom stereocenters. The number of ether oxygens (including phenoxy) is 2. The summed E-state index contributed by atoms with van der Waals surface area (Å²) < 4.78 is 11.0. The number of nitrogens with zero attached hydrogens (tertiary/aromatic N) is 1. The van der Waals surface area contributed by atoms with Crippen molar-refractivity contribution in [3.63, 3.8) is 0 Å². The van der Waals surface area contributed by atoms with Crippen LogP contribution in [0.4, 0.5) is 5.69 Å². The van der Waals surface area contributed by atoms with E-state index in [1.807, 2.05) is 0 Å². The van der Waals surface area contributed by atoms with Gasteiger partial charge in [0.2, 0.25) is 5.91 Å². The van der Waals surface area contributed by atoms with Gasteiger partial charge in [-0.25, -0.2) is 0 Å². The summed E-state index contributed by atoms with van der Waals surface area (Å²) in [7, 11) is 0. The molecule has 0 bridgehead atoms. The van der Waals surface area contributed by atoms with E-state index in [9.17, 15) is 14.4 Å². The number of hydrogen-bond acceptors (Lipinski definition) is 6. The molecule has 0 saturated carbocycles. The van der Waals surface area contributed by atoms with Crippen molar-refractivity contribution in [2.24, 2.45) is 0 Å². The number of thioether (sulfide) groups is 1. The fraction of sp³-hybridized carbons (Fsp3) is 0.286. The number of benzene rings is 2. The number of imide groups is 1. The van der Waals surface area contributed by atoms with Gasteiger partial charge in [-0.2, -0.15) is 0 Å². The molecular formula is C21H20N2O5S. The van der Waals surface area contributed by atoms with Gasteiger partial charge in [-0.05, 0) is 31.2 Å². The van der Waals surface area contributed by atoms with Crippen LogP contribution in [0.5, 0.6) is 11.5 Å². The van der Waals surface area contributed by atoms with Crippen molar-refractivity contribution in [3.8, 4) is 11.5 Å². The number of amides is 3. The van der Waals surface area contributed by atoms with Crippen molar-refractivity contribution in [2.45, 2.75) is 12.2 Å². The number of carbonyl (C=O) groups is 3.